The second kappa shape index (κ2) is 15.1. The summed E-state index contributed by atoms with van der Waals surface area (Å²) < 4.78 is 30.3. The first-order chi connectivity index (χ1) is 21.3. The van der Waals surface area contributed by atoms with Crippen LogP contribution < -0.4 is 9.62 Å². The summed E-state index contributed by atoms with van der Waals surface area (Å²) >= 11 is 9.52. The standard InChI is InChI=1S/C35H37BrClN3O4S/c1-24(2)38-35(42)33(21-27-8-6-5-7-9-27)39(22-28-11-13-29(36)14-12-28)34(41)23-40(31-17-10-25(3)26(4)20-31)45(43,44)32-18-15-30(37)16-19-32/h5-20,24,33H,21-23H2,1-4H3,(H,38,42)/t33-/m0/s1. The lowest BCUT2D eigenvalue weighted by Gasteiger charge is -2.34. The van der Waals surface area contributed by atoms with Crippen molar-refractivity contribution in [2.75, 3.05) is 10.8 Å². The van der Waals surface area contributed by atoms with Gasteiger partial charge in [0, 0.05) is 28.5 Å². The molecule has 4 aromatic carbocycles. The molecule has 0 aliphatic heterocycles. The molecule has 1 atom stereocenters. The van der Waals surface area contributed by atoms with E-state index in [0.717, 1.165) is 31.0 Å². The number of hydrogen-bond acceptors (Lipinski definition) is 4. The van der Waals surface area contributed by atoms with Gasteiger partial charge >= 0.3 is 0 Å². The number of sulfonamides is 1. The van der Waals surface area contributed by atoms with Crippen molar-refractivity contribution in [3.05, 3.63) is 129 Å². The lowest BCUT2D eigenvalue weighted by molar-refractivity contribution is -0.140. The van der Waals surface area contributed by atoms with E-state index in [2.05, 4.69) is 21.2 Å². The fourth-order valence-electron chi connectivity index (χ4n) is 4.86. The Morgan fingerprint density at radius 2 is 1.49 bits per heavy atom. The smallest absolute Gasteiger partial charge is 0.264 e. The molecule has 4 aromatic rings. The Morgan fingerprint density at radius 1 is 0.844 bits per heavy atom. The minimum Gasteiger partial charge on any atom is -0.352 e. The van der Waals surface area contributed by atoms with Gasteiger partial charge in [0.1, 0.15) is 12.6 Å². The summed E-state index contributed by atoms with van der Waals surface area (Å²) in [5.74, 6) is -0.842. The average Bonchev–Trinajstić information content (AvgIpc) is 3.00. The molecule has 0 spiro atoms. The first kappa shape index (κ1) is 34.2. The molecule has 7 nitrogen and oxygen atoms in total. The van der Waals surface area contributed by atoms with Gasteiger partial charge in [-0.1, -0.05) is 76.1 Å². The Morgan fingerprint density at radius 3 is 2.09 bits per heavy atom. The molecule has 1 N–H and O–H groups in total. The summed E-state index contributed by atoms with van der Waals surface area (Å²) in [7, 11) is -4.21. The van der Waals surface area contributed by atoms with Gasteiger partial charge in [0.2, 0.25) is 11.8 Å². The molecule has 0 aliphatic rings. The number of carbonyl (C=O) groups is 2. The number of benzene rings is 4. The Hall–Kier alpha value is -3.66. The number of nitrogens with zero attached hydrogens (tertiary/aromatic N) is 2. The molecule has 0 saturated heterocycles. The van der Waals surface area contributed by atoms with Crippen molar-refractivity contribution in [2.24, 2.45) is 0 Å². The summed E-state index contributed by atoms with van der Waals surface area (Å²) in [6, 6.07) is 27.0. The van der Waals surface area contributed by atoms with Crippen molar-refractivity contribution < 1.29 is 18.0 Å². The summed E-state index contributed by atoms with van der Waals surface area (Å²) in [5, 5.41) is 3.36. The van der Waals surface area contributed by atoms with Crippen LogP contribution in [0.2, 0.25) is 5.02 Å². The SMILES string of the molecule is Cc1ccc(N(CC(=O)N(Cc2ccc(Br)cc2)[C@@H](Cc2ccccc2)C(=O)NC(C)C)S(=O)(=O)c2ccc(Cl)cc2)cc1C. The predicted octanol–water partition coefficient (Wildman–Crippen LogP) is 7.08. The molecule has 0 aliphatic carbocycles. The molecule has 0 heterocycles. The normalized spacial score (nSPS) is 12.1. The van der Waals surface area contributed by atoms with Crippen LogP contribution >= 0.6 is 27.5 Å². The average molecular weight is 711 g/mol. The Bertz CT molecular complexity index is 1730. The lowest BCUT2D eigenvalue weighted by atomic mass is 10.0. The van der Waals surface area contributed by atoms with Crippen LogP contribution in [0.4, 0.5) is 5.69 Å². The van der Waals surface area contributed by atoms with Gasteiger partial charge in [-0.3, -0.25) is 13.9 Å². The monoisotopic (exact) mass is 709 g/mol. The maximum absolute atomic E-state index is 14.5. The van der Waals surface area contributed by atoms with Crippen molar-refractivity contribution in [3.8, 4) is 0 Å². The number of amides is 2. The minimum absolute atomic E-state index is 0.00391. The fraction of sp³-hybridized carbons (Fsp3) is 0.257. The van der Waals surface area contributed by atoms with E-state index in [1.165, 1.54) is 29.2 Å². The van der Waals surface area contributed by atoms with Crippen molar-refractivity contribution in [2.45, 2.75) is 57.6 Å². The first-order valence-corrected chi connectivity index (χ1v) is 17.2. The molecule has 0 fully saturated rings. The van der Waals surface area contributed by atoms with E-state index in [9.17, 15) is 18.0 Å². The summed E-state index contributed by atoms with van der Waals surface area (Å²) in [5.41, 5.74) is 3.87. The molecule has 45 heavy (non-hydrogen) atoms. The van der Waals surface area contributed by atoms with E-state index in [4.69, 9.17) is 11.6 Å². The van der Waals surface area contributed by atoms with E-state index in [1.54, 1.807) is 12.1 Å². The molecular formula is C35H37BrClN3O4S. The van der Waals surface area contributed by atoms with Gasteiger partial charge < -0.3 is 10.2 Å². The maximum atomic E-state index is 14.5. The zero-order valence-corrected chi connectivity index (χ0v) is 28.9. The van der Waals surface area contributed by atoms with E-state index < -0.39 is 28.5 Å². The highest BCUT2D eigenvalue weighted by atomic mass is 79.9. The van der Waals surface area contributed by atoms with Gasteiger partial charge in [-0.15, -0.1) is 0 Å². The molecular weight excluding hydrogens is 674 g/mol. The number of hydrogen-bond donors (Lipinski definition) is 1. The quantitative estimate of drug-likeness (QED) is 0.170. The molecule has 2 amide bonds. The van der Waals surface area contributed by atoms with E-state index in [-0.39, 0.29) is 29.8 Å². The van der Waals surface area contributed by atoms with Crippen molar-refractivity contribution in [1.82, 2.24) is 10.2 Å². The molecule has 0 aromatic heterocycles. The predicted molar refractivity (Wildman–Crippen MR) is 184 cm³/mol. The van der Waals surface area contributed by atoms with E-state index in [0.29, 0.717) is 10.7 Å². The first-order valence-electron chi connectivity index (χ1n) is 14.6. The minimum atomic E-state index is -4.21. The number of aryl methyl sites for hydroxylation is 2. The van der Waals surface area contributed by atoms with Crippen LogP contribution in [-0.2, 0) is 32.6 Å². The van der Waals surface area contributed by atoms with Crippen LogP contribution in [0.15, 0.2) is 106 Å². The zero-order chi connectivity index (χ0) is 32.7. The zero-order valence-electron chi connectivity index (χ0n) is 25.7. The van der Waals surface area contributed by atoms with Crippen LogP contribution in [0, 0.1) is 13.8 Å². The van der Waals surface area contributed by atoms with Gasteiger partial charge in [0.25, 0.3) is 10.0 Å². The second-order valence-corrected chi connectivity index (χ2v) is 14.5. The fourth-order valence-corrected chi connectivity index (χ4v) is 6.66. The van der Waals surface area contributed by atoms with Gasteiger partial charge in [-0.2, -0.15) is 0 Å². The maximum Gasteiger partial charge on any atom is 0.264 e. The highest BCUT2D eigenvalue weighted by molar-refractivity contribution is 9.10. The van der Waals surface area contributed by atoms with Crippen LogP contribution in [0.5, 0.6) is 0 Å². The van der Waals surface area contributed by atoms with Gasteiger partial charge in [-0.25, -0.2) is 8.42 Å². The molecule has 0 saturated carbocycles. The summed E-state index contributed by atoms with van der Waals surface area (Å²) in [6.45, 7) is 7.11. The highest BCUT2D eigenvalue weighted by Crippen LogP contribution is 2.28. The molecule has 10 heteroatoms. The van der Waals surface area contributed by atoms with Gasteiger partial charge in [0.05, 0.1) is 10.6 Å². The molecule has 0 bridgehead atoms. The van der Waals surface area contributed by atoms with Crippen LogP contribution in [0.25, 0.3) is 0 Å². The van der Waals surface area contributed by atoms with Gasteiger partial charge in [-0.05, 0) is 98.5 Å². The van der Waals surface area contributed by atoms with Crippen molar-refractivity contribution in [3.63, 3.8) is 0 Å². The number of halogens is 2. The Labute approximate surface area is 279 Å². The van der Waals surface area contributed by atoms with Crippen molar-refractivity contribution >= 4 is 55.1 Å². The largest absolute Gasteiger partial charge is 0.352 e. The highest BCUT2D eigenvalue weighted by Gasteiger charge is 2.35. The number of anilines is 1. The number of rotatable bonds is 12. The number of carbonyl (C=O) groups excluding carboxylic acids is 2. The van der Waals surface area contributed by atoms with E-state index >= 15 is 0 Å². The van der Waals surface area contributed by atoms with Crippen molar-refractivity contribution in [1.29, 1.82) is 0 Å². The molecule has 0 radical (unpaired) electrons. The summed E-state index contributed by atoms with van der Waals surface area (Å²) in [6.07, 6.45) is 0.245. The molecule has 4 rings (SSSR count). The second-order valence-electron chi connectivity index (χ2n) is 11.3. The summed E-state index contributed by atoms with van der Waals surface area (Å²) in [4.78, 5) is 29.8. The van der Waals surface area contributed by atoms with Crippen LogP contribution in [0.3, 0.4) is 0 Å². The Kier molecular flexibility index (Phi) is 11.5. The van der Waals surface area contributed by atoms with Gasteiger partial charge in [0.15, 0.2) is 0 Å². The molecule has 0 unspecified atom stereocenters. The van der Waals surface area contributed by atoms with E-state index in [1.807, 2.05) is 88.4 Å². The lowest BCUT2D eigenvalue weighted by Crippen LogP contribution is -2.54. The third-order valence-corrected chi connectivity index (χ3v) is 10.00. The molecule has 236 valence electrons. The topological polar surface area (TPSA) is 86.8 Å². The number of nitrogens with one attached hydrogen (secondary N) is 1. The van der Waals surface area contributed by atoms with Crippen LogP contribution in [0.1, 0.15) is 36.1 Å². The Balaban J connectivity index is 1.82. The third-order valence-electron chi connectivity index (χ3n) is 7.43. The third kappa shape index (κ3) is 8.96. The van der Waals surface area contributed by atoms with Crippen LogP contribution in [-0.4, -0.2) is 43.8 Å².